The zero-order valence-electron chi connectivity index (χ0n) is 7.50. The van der Waals surface area contributed by atoms with Gasteiger partial charge in [-0.15, -0.1) is 0 Å². The molecule has 0 saturated heterocycles. The molecule has 1 heterocycles. The van der Waals surface area contributed by atoms with E-state index in [0.717, 1.165) is 18.4 Å². The lowest BCUT2D eigenvalue weighted by Crippen LogP contribution is -2.50. The van der Waals surface area contributed by atoms with Gasteiger partial charge in [0.1, 0.15) is 0 Å². The van der Waals surface area contributed by atoms with E-state index < -0.39 is 5.60 Å². The van der Waals surface area contributed by atoms with Gasteiger partial charge in [-0.1, -0.05) is 13.8 Å². The van der Waals surface area contributed by atoms with Crippen LogP contribution in [0.2, 0.25) is 0 Å². The fourth-order valence-electron chi connectivity index (χ4n) is 1.90. The summed E-state index contributed by atoms with van der Waals surface area (Å²) in [5.74, 6) is 0. The van der Waals surface area contributed by atoms with E-state index in [-0.39, 0.29) is 5.41 Å². The van der Waals surface area contributed by atoms with Crippen molar-refractivity contribution in [3.63, 3.8) is 0 Å². The third-order valence-corrected chi connectivity index (χ3v) is 3.23. The Bertz CT molecular complexity index is 274. The summed E-state index contributed by atoms with van der Waals surface area (Å²) in [4.78, 5) is 0. The van der Waals surface area contributed by atoms with Gasteiger partial charge in [0.15, 0.2) is 0 Å². The van der Waals surface area contributed by atoms with Gasteiger partial charge in [0.25, 0.3) is 0 Å². The van der Waals surface area contributed by atoms with Crippen molar-refractivity contribution in [1.29, 1.82) is 0 Å². The molecule has 0 aromatic carbocycles. The van der Waals surface area contributed by atoms with E-state index in [0.29, 0.717) is 0 Å². The molecule has 12 heavy (non-hydrogen) atoms. The molecule has 0 bridgehead atoms. The van der Waals surface area contributed by atoms with E-state index in [2.05, 4.69) is 13.8 Å². The Kier molecular flexibility index (Phi) is 1.40. The molecule has 0 aliphatic heterocycles. The van der Waals surface area contributed by atoms with Crippen LogP contribution in [0.1, 0.15) is 32.3 Å². The summed E-state index contributed by atoms with van der Waals surface area (Å²) in [6, 6.07) is 1.85. The maximum absolute atomic E-state index is 10.2. The minimum Gasteiger partial charge on any atom is -0.472 e. The van der Waals surface area contributed by atoms with Gasteiger partial charge < -0.3 is 9.52 Å². The highest BCUT2D eigenvalue weighted by molar-refractivity contribution is 5.24. The second-order valence-corrected chi connectivity index (χ2v) is 4.26. The van der Waals surface area contributed by atoms with Crippen LogP contribution in [0.4, 0.5) is 0 Å². The molecule has 0 amide bonds. The van der Waals surface area contributed by atoms with Crippen molar-refractivity contribution in [3.05, 3.63) is 24.2 Å². The van der Waals surface area contributed by atoms with Crippen LogP contribution >= 0.6 is 0 Å². The third-order valence-electron chi connectivity index (χ3n) is 3.23. The summed E-state index contributed by atoms with van der Waals surface area (Å²) in [6.07, 6.45) is 5.18. The minimum absolute atomic E-state index is 0.00310. The van der Waals surface area contributed by atoms with Crippen LogP contribution in [-0.2, 0) is 5.60 Å². The molecular formula is C10H14O2. The molecule has 2 rings (SSSR count). The van der Waals surface area contributed by atoms with Gasteiger partial charge in [-0.25, -0.2) is 0 Å². The van der Waals surface area contributed by atoms with Crippen molar-refractivity contribution < 1.29 is 9.52 Å². The van der Waals surface area contributed by atoms with Crippen LogP contribution in [0.15, 0.2) is 23.0 Å². The van der Waals surface area contributed by atoms with Gasteiger partial charge in [-0.3, -0.25) is 0 Å². The lowest BCUT2D eigenvalue weighted by Gasteiger charge is -2.52. The molecule has 1 aromatic heterocycles. The Morgan fingerprint density at radius 3 is 2.50 bits per heavy atom. The zero-order chi connectivity index (χ0) is 8.82. The van der Waals surface area contributed by atoms with Crippen LogP contribution in [-0.4, -0.2) is 5.11 Å². The lowest BCUT2D eigenvalue weighted by molar-refractivity contribution is -0.156. The SMILES string of the molecule is CC1(C)CCC1(O)c1ccoc1. The maximum atomic E-state index is 10.2. The number of hydrogen-bond donors (Lipinski definition) is 1. The molecule has 1 aromatic rings. The molecule has 0 spiro atoms. The Hall–Kier alpha value is -0.760. The molecule has 1 unspecified atom stereocenters. The summed E-state index contributed by atoms with van der Waals surface area (Å²) >= 11 is 0. The third kappa shape index (κ3) is 0.787. The van der Waals surface area contributed by atoms with E-state index in [1.807, 2.05) is 6.07 Å². The molecule has 1 aliphatic carbocycles. The summed E-state index contributed by atoms with van der Waals surface area (Å²) in [7, 11) is 0. The van der Waals surface area contributed by atoms with Crippen molar-refractivity contribution in [2.75, 3.05) is 0 Å². The Balaban J connectivity index is 2.35. The molecule has 1 N–H and O–H groups in total. The van der Waals surface area contributed by atoms with Gasteiger partial charge in [0.2, 0.25) is 0 Å². The molecular weight excluding hydrogens is 152 g/mol. The van der Waals surface area contributed by atoms with Crippen molar-refractivity contribution >= 4 is 0 Å². The predicted octanol–water partition coefficient (Wildman–Crippen LogP) is 2.29. The van der Waals surface area contributed by atoms with Crippen LogP contribution in [0.25, 0.3) is 0 Å². The number of hydrogen-bond acceptors (Lipinski definition) is 2. The van der Waals surface area contributed by atoms with Crippen molar-refractivity contribution in [3.8, 4) is 0 Å². The van der Waals surface area contributed by atoms with Crippen LogP contribution in [0.5, 0.6) is 0 Å². The molecule has 2 heteroatoms. The molecule has 66 valence electrons. The minimum atomic E-state index is -0.653. The highest BCUT2D eigenvalue weighted by Gasteiger charge is 2.53. The smallest absolute Gasteiger partial charge is 0.0978 e. The summed E-state index contributed by atoms with van der Waals surface area (Å²) in [6.45, 7) is 4.17. The normalized spacial score (nSPS) is 32.9. The van der Waals surface area contributed by atoms with E-state index >= 15 is 0 Å². The molecule has 1 fully saturated rings. The first-order chi connectivity index (χ1) is 5.56. The quantitative estimate of drug-likeness (QED) is 0.694. The fraction of sp³-hybridized carbons (Fsp3) is 0.600. The van der Waals surface area contributed by atoms with Crippen LogP contribution < -0.4 is 0 Å². The van der Waals surface area contributed by atoms with Gasteiger partial charge in [0, 0.05) is 5.56 Å². The van der Waals surface area contributed by atoms with Gasteiger partial charge >= 0.3 is 0 Å². The molecule has 0 radical (unpaired) electrons. The average Bonchev–Trinajstić information content (AvgIpc) is 2.53. The largest absolute Gasteiger partial charge is 0.472 e. The van der Waals surface area contributed by atoms with Crippen LogP contribution in [0, 0.1) is 5.41 Å². The summed E-state index contributed by atoms with van der Waals surface area (Å²) in [5.41, 5.74) is 0.260. The molecule has 2 nitrogen and oxygen atoms in total. The predicted molar refractivity (Wildman–Crippen MR) is 45.6 cm³/mol. The number of furan rings is 1. The second kappa shape index (κ2) is 2.13. The first kappa shape index (κ1) is 7.87. The van der Waals surface area contributed by atoms with Gasteiger partial charge in [-0.05, 0) is 24.3 Å². The van der Waals surface area contributed by atoms with Gasteiger partial charge in [-0.2, -0.15) is 0 Å². The average molecular weight is 166 g/mol. The monoisotopic (exact) mass is 166 g/mol. The highest BCUT2D eigenvalue weighted by Crippen LogP contribution is 2.55. The Morgan fingerprint density at radius 1 is 1.42 bits per heavy atom. The zero-order valence-corrected chi connectivity index (χ0v) is 7.50. The van der Waals surface area contributed by atoms with E-state index in [1.54, 1.807) is 12.5 Å². The summed E-state index contributed by atoms with van der Waals surface area (Å²) in [5, 5.41) is 10.2. The second-order valence-electron chi connectivity index (χ2n) is 4.26. The standard InChI is InChI=1S/C10H14O2/c1-9(2)4-5-10(9,11)8-3-6-12-7-8/h3,6-7,11H,4-5H2,1-2H3. The Morgan fingerprint density at radius 2 is 2.17 bits per heavy atom. The Labute approximate surface area is 72.2 Å². The van der Waals surface area contributed by atoms with E-state index in [1.165, 1.54) is 0 Å². The molecule has 1 saturated carbocycles. The fourth-order valence-corrected chi connectivity index (χ4v) is 1.90. The van der Waals surface area contributed by atoms with Crippen LogP contribution in [0.3, 0.4) is 0 Å². The first-order valence-corrected chi connectivity index (χ1v) is 4.31. The van der Waals surface area contributed by atoms with E-state index in [4.69, 9.17) is 4.42 Å². The molecule has 1 atom stereocenters. The summed E-state index contributed by atoms with van der Waals surface area (Å²) < 4.78 is 4.97. The van der Waals surface area contributed by atoms with E-state index in [9.17, 15) is 5.11 Å². The number of aliphatic hydroxyl groups is 1. The van der Waals surface area contributed by atoms with Crippen molar-refractivity contribution in [2.24, 2.45) is 5.41 Å². The maximum Gasteiger partial charge on any atom is 0.0978 e. The van der Waals surface area contributed by atoms with Gasteiger partial charge in [0.05, 0.1) is 18.1 Å². The first-order valence-electron chi connectivity index (χ1n) is 4.31. The highest BCUT2D eigenvalue weighted by atomic mass is 16.3. The lowest BCUT2D eigenvalue weighted by atomic mass is 9.57. The van der Waals surface area contributed by atoms with Crippen molar-refractivity contribution in [1.82, 2.24) is 0 Å². The number of rotatable bonds is 1. The topological polar surface area (TPSA) is 33.4 Å². The molecule has 1 aliphatic rings. The van der Waals surface area contributed by atoms with Crippen molar-refractivity contribution in [2.45, 2.75) is 32.3 Å².